The van der Waals surface area contributed by atoms with Gasteiger partial charge in [0.15, 0.2) is 0 Å². The van der Waals surface area contributed by atoms with Crippen LogP contribution in [0, 0.1) is 11.3 Å². The average Bonchev–Trinajstić information content (AvgIpc) is 3.28. The quantitative estimate of drug-likeness (QED) is 0.668. The minimum atomic E-state index is 0.239. The first-order valence-electron chi connectivity index (χ1n) is 6.57. The largest absolute Gasteiger partial charge is 0.486 e. The van der Waals surface area contributed by atoms with Gasteiger partial charge in [-0.2, -0.15) is 10.5 Å². The van der Waals surface area contributed by atoms with E-state index in [0.29, 0.717) is 6.61 Å². The van der Waals surface area contributed by atoms with Gasteiger partial charge in [-0.1, -0.05) is 0 Å². The lowest BCUT2D eigenvalue weighted by atomic mass is 10.3. The van der Waals surface area contributed by atoms with Crippen LogP contribution >= 0.6 is 11.3 Å². The molecule has 0 aliphatic rings. The van der Waals surface area contributed by atoms with Crippen LogP contribution in [0.2, 0.25) is 0 Å². The molecular formula is C14H11N7OS. The summed E-state index contributed by atoms with van der Waals surface area (Å²) in [4.78, 5) is 4.15. The van der Waals surface area contributed by atoms with E-state index in [1.807, 2.05) is 35.7 Å². The molecule has 0 saturated carbocycles. The first-order valence-corrected chi connectivity index (χ1v) is 7.45. The molecule has 0 saturated heterocycles. The van der Waals surface area contributed by atoms with Crippen LogP contribution in [0.25, 0.3) is 5.57 Å². The van der Waals surface area contributed by atoms with Crippen molar-refractivity contribution in [1.29, 1.82) is 5.26 Å². The Morgan fingerprint density at radius 1 is 1.39 bits per heavy atom. The molecule has 9 heteroatoms. The van der Waals surface area contributed by atoms with Crippen LogP contribution < -0.4 is 10.1 Å². The van der Waals surface area contributed by atoms with Crippen LogP contribution in [0.3, 0.4) is 0 Å². The van der Waals surface area contributed by atoms with E-state index in [1.54, 1.807) is 17.5 Å². The summed E-state index contributed by atoms with van der Waals surface area (Å²) in [6.45, 7) is 0.445. The number of aromatic amines is 1. The van der Waals surface area contributed by atoms with Crippen molar-refractivity contribution in [1.82, 2.24) is 25.6 Å². The molecule has 0 bridgehead atoms. The summed E-state index contributed by atoms with van der Waals surface area (Å²) in [6, 6.07) is 9.37. The SMILES string of the molecule is N#CC(=CNc1ccc(OCc2nccs2)cc1)c1nn[nH]n1. The third-order valence-corrected chi connectivity index (χ3v) is 3.54. The van der Waals surface area contributed by atoms with Gasteiger partial charge in [0.25, 0.3) is 0 Å². The van der Waals surface area contributed by atoms with Crippen molar-refractivity contribution in [3.05, 3.63) is 52.9 Å². The van der Waals surface area contributed by atoms with Gasteiger partial charge in [-0.3, -0.25) is 0 Å². The molecule has 0 atom stereocenters. The molecule has 0 spiro atoms. The summed E-state index contributed by atoms with van der Waals surface area (Å²) in [6.07, 6.45) is 3.27. The molecule has 3 aromatic rings. The zero-order valence-corrected chi connectivity index (χ0v) is 12.6. The smallest absolute Gasteiger partial charge is 0.216 e. The molecule has 0 aliphatic heterocycles. The van der Waals surface area contributed by atoms with Crippen molar-refractivity contribution >= 4 is 22.6 Å². The highest BCUT2D eigenvalue weighted by Gasteiger charge is 2.05. The van der Waals surface area contributed by atoms with Crippen LogP contribution in [0.5, 0.6) is 5.75 Å². The Bertz CT molecular complexity index is 804. The van der Waals surface area contributed by atoms with Crippen molar-refractivity contribution < 1.29 is 4.74 Å². The lowest BCUT2D eigenvalue weighted by Crippen LogP contribution is -1.95. The number of ether oxygens (including phenoxy) is 1. The van der Waals surface area contributed by atoms with Gasteiger partial charge in [-0.05, 0) is 29.5 Å². The Morgan fingerprint density at radius 3 is 2.91 bits per heavy atom. The van der Waals surface area contributed by atoms with Crippen LogP contribution in [0.15, 0.2) is 42.0 Å². The van der Waals surface area contributed by atoms with E-state index in [-0.39, 0.29) is 11.4 Å². The molecule has 2 heterocycles. The van der Waals surface area contributed by atoms with Gasteiger partial charge in [0, 0.05) is 23.5 Å². The normalized spacial score (nSPS) is 11.0. The monoisotopic (exact) mass is 325 g/mol. The lowest BCUT2D eigenvalue weighted by Gasteiger charge is -2.06. The van der Waals surface area contributed by atoms with Crippen molar-refractivity contribution in [3.63, 3.8) is 0 Å². The molecule has 0 amide bonds. The highest BCUT2D eigenvalue weighted by molar-refractivity contribution is 7.09. The van der Waals surface area contributed by atoms with E-state index < -0.39 is 0 Å². The highest BCUT2D eigenvalue weighted by atomic mass is 32.1. The van der Waals surface area contributed by atoms with Crippen molar-refractivity contribution in [2.45, 2.75) is 6.61 Å². The first kappa shape index (κ1) is 14.7. The van der Waals surface area contributed by atoms with Gasteiger partial charge in [0.1, 0.15) is 29.0 Å². The van der Waals surface area contributed by atoms with E-state index >= 15 is 0 Å². The Balaban J connectivity index is 1.60. The second-order valence-corrected chi connectivity index (χ2v) is 5.27. The lowest BCUT2D eigenvalue weighted by molar-refractivity contribution is 0.305. The van der Waals surface area contributed by atoms with Crippen LogP contribution in [0.1, 0.15) is 10.8 Å². The summed E-state index contributed by atoms with van der Waals surface area (Å²) in [5, 5.41) is 28.2. The molecule has 23 heavy (non-hydrogen) atoms. The Hall–Kier alpha value is -3.25. The van der Waals surface area contributed by atoms with Gasteiger partial charge < -0.3 is 10.1 Å². The van der Waals surface area contributed by atoms with Crippen LogP contribution in [-0.2, 0) is 6.61 Å². The number of H-pyrrole nitrogens is 1. The second-order valence-electron chi connectivity index (χ2n) is 4.29. The Kier molecular flexibility index (Phi) is 4.56. The predicted octanol–water partition coefficient (Wildman–Crippen LogP) is 2.21. The number of tetrazole rings is 1. The number of hydrogen-bond donors (Lipinski definition) is 2. The molecule has 114 valence electrons. The molecular weight excluding hydrogens is 314 g/mol. The number of nitriles is 1. The third-order valence-electron chi connectivity index (χ3n) is 2.79. The maximum Gasteiger partial charge on any atom is 0.216 e. The van der Waals surface area contributed by atoms with Gasteiger partial charge in [0.05, 0.1) is 0 Å². The fourth-order valence-electron chi connectivity index (χ4n) is 1.69. The summed E-state index contributed by atoms with van der Waals surface area (Å²) in [5.74, 6) is 0.983. The van der Waals surface area contributed by atoms with E-state index in [0.717, 1.165) is 16.4 Å². The van der Waals surface area contributed by atoms with E-state index in [1.165, 1.54) is 6.20 Å². The third kappa shape index (κ3) is 3.90. The zero-order chi connectivity index (χ0) is 15.9. The molecule has 0 fully saturated rings. The predicted molar refractivity (Wildman–Crippen MR) is 84.3 cm³/mol. The molecule has 0 radical (unpaired) electrons. The van der Waals surface area contributed by atoms with Crippen molar-refractivity contribution in [3.8, 4) is 11.8 Å². The maximum atomic E-state index is 9.08. The van der Waals surface area contributed by atoms with Crippen LogP contribution in [-0.4, -0.2) is 25.6 Å². The van der Waals surface area contributed by atoms with Crippen molar-refractivity contribution in [2.75, 3.05) is 5.32 Å². The van der Waals surface area contributed by atoms with Gasteiger partial charge in [0.2, 0.25) is 5.82 Å². The number of nitrogens with one attached hydrogen (secondary N) is 2. The number of anilines is 1. The van der Waals surface area contributed by atoms with E-state index in [4.69, 9.17) is 10.00 Å². The van der Waals surface area contributed by atoms with Gasteiger partial charge >= 0.3 is 0 Å². The fourth-order valence-corrected chi connectivity index (χ4v) is 2.22. The second kappa shape index (κ2) is 7.15. The first-order chi connectivity index (χ1) is 11.3. The molecule has 8 nitrogen and oxygen atoms in total. The Labute approximate surface area is 135 Å². The summed E-state index contributed by atoms with van der Waals surface area (Å²) in [5.41, 5.74) is 1.09. The summed E-state index contributed by atoms with van der Waals surface area (Å²) < 4.78 is 5.63. The molecule has 2 aromatic heterocycles. The summed E-state index contributed by atoms with van der Waals surface area (Å²) in [7, 11) is 0. The standard InChI is InChI=1S/C14H11N7OS/c15-7-10(14-18-20-21-19-14)8-17-11-1-3-12(4-2-11)22-9-13-16-5-6-23-13/h1-6,8,17H,9H2,(H,18,19,20,21). The topological polar surface area (TPSA) is 112 Å². The minimum Gasteiger partial charge on any atom is -0.486 e. The number of aromatic nitrogens is 5. The Morgan fingerprint density at radius 2 is 2.26 bits per heavy atom. The number of nitrogens with zero attached hydrogens (tertiary/aromatic N) is 5. The maximum absolute atomic E-state index is 9.08. The zero-order valence-electron chi connectivity index (χ0n) is 11.8. The molecule has 0 unspecified atom stereocenters. The molecule has 2 N–H and O–H groups in total. The fraction of sp³-hybridized carbons (Fsp3) is 0.0714. The number of benzene rings is 1. The average molecular weight is 325 g/mol. The van der Waals surface area contributed by atoms with Gasteiger partial charge in [-0.25, -0.2) is 4.98 Å². The van der Waals surface area contributed by atoms with E-state index in [2.05, 4.69) is 30.9 Å². The van der Waals surface area contributed by atoms with Crippen LogP contribution in [0.4, 0.5) is 5.69 Å². The van der Waals surface area contributed by atoms with Crippen molar-refractivity contribution in [2.24, 2.45) is 0 Å². The highest BCUT2D eigenvalue weighted by Crippen LogP contribution is 2.18. The minimum absolute atomic E-state index is 0.239. The molecule has 3 rings (SSSR count). The number of rotatable bonds is 6. The number of allylic oxidation sites excluding steroid dienone is 1. The molecule has 0 aliphatic carbocycles. The molecule has 1 aromatic carbocycles. The summed E-state index contributed by atoms with van der Waals surface area (Å²) >= 11 is 1.55. The van der Waals surface area contributed by atoms with E-state index in [9.17, 15) is 0 Å². The number of hydrogen-bond acceptors (Lipinski definition) is 8. The van der Waals surface area contributed by atoms with Gasteiger partial charge in [-0.15, -0.1) is 21.5 Å². The number of thiazole rings is 1.